The molecule has 0 radical (unpaired) electrons. The molecule has 23 heavy (non-hydrogen) atoms. The number of hydrogen-bond acceptors (Lipinski definition) is 2. The zero-order valence-corrected chi connectivity index (χ0v) is 14.8. The van der Waals surface area contributed by atoms with Crippen LogP contribution >= 0.6 is 34.8 Å². The molecule has 0 aliphatic carbocycles. The monoisotopic (exact) mass is 371 g/mol. The second-order valence-electron chi connectivity index (χ2n) is 5.03. The maximum Gasteiger partial charge on any atom is 0.224 e. The molecule has 0 bridgehead atoms. The Hall–Kier alpha value is -1.42. The number of halogens is 3. The standard InChI is InChI=1S/C17H16Cl3NO2/c1-11-9-12(18)5-7-16(11)23-8-2-3-17(22)21-15-10-13(19)4-6-14(15)20/h4-7,9-10H,2-3,8H2,1H3,(H,21,22). The summed E-state index contributed by atoms with van der Waals surface area (Å²) in [6.45, 7) is 2.37. The summed E-state index contributed by atoms with van der Waals surface area (Å²) in [5, 5.41) is 4.39. The number of anilines is 1. The van der Waals surface area contributed by atoms with Crippen LogP contribution < -0.4 is 10.1 Å². The number of amides is 1. The van der Waals surface area contributed by atoms with Crippen molar-refractivity contribution in [2.24, 2.45) is 0 Å². The van der Waals surface area contributed by atoms with Gasteiger partial charge in [0.2, 0.25) is 5.91 Å². The maximum absolute atomic E-state index is 11.9. The van der Waals surface area contributed by atoms with Gasteiger partial charge in [0.05, 0.1) is 17.3 Å². The van der Waals surface area contributed by atoms with Gasteiger partial charge in [-0.05, 0) is 55.3 Å². The molecule has 0 heterocycles. The molecule has 0 unspecified atom stereocenters. The van der Waals surface area contributed by atoms with Gasteiger partial charge < -0.3 is 10.1 Å². The van der Waals surface area contributed by atoms with Crippen LogP contribution in [-0.4, -0.2) is 12.5 Å². The van der Waals surface area contributed by atoms with Crippen LogP contribution in [0.25, 0.3) is 0 Å². The van der Waals surface area contributed by atoms with Crippen LogP contribution in [0.15, 0.2) is 36.4 Å². The van der Waals surface area contributed by atoms with Crippen LogP contribution in [0, 0.1) is 6.92 Å². The SMILES string of the molecule is Cc1cc(Cl)ccc1OCCCC(=O)Nc1cc(Cl)ccc1Cl. The van der Waals surface area contributed by atoms with Crippen molar-refractivity contribution in [1.29, 1.82) is 0 Å². The van der Waals surface area contributed by atoms with Gasteiger partial charge in [-0.15, -0.1) is 0 Å². The number of nitrogens with one attached hydrogen (secondary N) is 1. The van der Waals surface area contributed by atoms with Crippen molar-refractivity contribution >= 4 is 46.4 Å². The van der Waals surface area contributed by atoms with Crippen LogP contribution in [0.3, 0.4) is 0 Å². The van der Waals surface area contributed by atoms with Crippen LogP contribution in [-0.2, 0) is 4.79 Å². The minimum Gasteiger partial charge on any atom is -0.493 e. The molecular formula is C17H16Cl3NO2. The number of benzene rings is 2. The highest BCUT2D eigenvalue weighted by molar-refractivity contribution is 6.35. The smallest absolute Gasteiger partial charge is 0.224 e. The summed E-state index contributed by atoms with van der Waals surface area (Å²) in [6, 6.07) is 10.4. The molecule has 1 N–H and O–H groups in total. The zero-order valence-electron chi connectivity index (χ0n) is 12.5. The van der Waals surface area contributed by atoms with Crippen LogP contribution in [0.4, 0.5) is 5.69 Å². The van der Waals surface area contributed by atoms with E-state index in [1.165, 1.54) is 0 Å². The fraction of sp³-hybridized carbons (Fsp3) is 0.235. The van der Waals surface area contributed by atoms with Gasteiger partial charge >= 0.3 is 0 Å². The Morgan fingerprint density at radius 1 is 1.09 bits per heavy atom. The van der Waals surface area contributed by atoms with Crippen molar-refractivity contribution in [2.45, 2.75) is 19.8 Å². The normalized spacial score (nSPS) is 10.4. The molecule has 6 heteroatoms. The van der Waals surface area contributed by atoms with Gasteiger partial charge in [0.15, 0.2) is 0 Å². The maximum atomic E-state index is 11.9. The molecule has 0 spiro atoms. The Morgan fingerprint density at radius 3 is 2.52 bits per heavy atom. The van der Waals surface area contributed by atoms with Gasteiger partial charge in [0.1, 0.15) is 5.75 Å². The van der Waals surface area contributed by atoms with Crippen molar-refractivity contribution in [2.75, 3.05) is 11.9 Å². The molecule has 0 saturated carbocycles. The van der Waals surface area contributed by atoms with E-state index in [-0.39, 0.29) is 5.91 Å². The summed E-state index contributed by atoms with van der Waals surface area (Å²) in [5.41, 5.74) is 1.48. The first-order valence-corrected chi connectivity index (χ1v) is 8.23. The van der Waals surface area contributed by atoms with E-state index >= 15 is 0 Å². The zero-order chi connectivity index (χ0) is 16.8. The summed E-state index contributed by atoms with van der Waals surface area (Å²) in [7, 11) is 0. The minimum absolute atomic E-state index is 0.134. The minimum atomic E-state index is -0.134. The third kappa shape index (κ3) is 5.61. The van der Waals surface area contributed by atoms with E-state index in [1.807, 2.05) is 19.1 Å². The summed E-state index contributed by atoms with van der Waals surface area (Å²) in [4.78, 5) is 11.9. The topological polar surface area (TPSA) is 38.3 Å². The quantitative estimate of drug-likeness (QED) is 0.655. The Bertz CT molecular complexity index is 704. The van der Waals surface area contributed by atoms with E-state index in [0.29, 0.717) is 40.2 Å². The summed E-state index contributed by atoms with van der Waals surface area (Å²) < 4.78 is 5.65. The number of aryl methyl sites for hydroxylation is 1. The van der Waals surface area contributed by atoms with E-state index in [4.69, 9.17) is 39.5 Å². The van der Waals surface area contributed by atoms with Crippen LogP contribution in [0.5, 0.6) is 5.75 Å². The second kappa shape index (κ2) is 8.44. The highest BCUT2D eigenvalue weighted by Crippen LogP contribution is 2.25. The van der Waals surface area contributed by atoms with Gasteiger partial charge in [-0.2, -0.15) is 0 Å². The predicted molar refractivity (Wildman–Crippen MR) is 96.0 cm³/mol. The van der Waals surface area contributed by atoms with Gasteiger partial charge in [-0.3, -0.25) is 4.79 Å². The first-order valence-electron chi connectivity index (χ1n) is 7.09. The van der Waals surface area contributed by atoms with Crippen LogP contribution in [0.2, 0.25) is 15.1 Å². The van der Waals surface area contributed by atoms with E-state index in [1.54, 1.807) is 24.3 Å². The lowest BCUT2D eigenvalue weighted by atomic mass is 10.2. The molecule has 0 fully saturated rings. The highest BCUT2D eigenvalue weighted by Gasteiger charge is 2.07. The lowest BCUT2D eigenvalue weighted by Crippen LogP contribution is -2.13. The largest absolute Gasteiger partial charge is 0.493 e. The van der Waals surface area contributed by atoms with Gasteiger partial charge in [0, 0.05) is 16.5 Å². The number of carbonyl (C=O) groups excluding carboxylic acids is 1. The van der Waals surface area contributed by atoms with E-state index in [2.05, 4.69) is 5.32 Å². The predicted octanol–water partition coefficient (Wildman–Crippen LogP) is 5.75. The third-order valence-electron chi connectivity index (χ3n) is 3.15. The van der Waals surface area contributed by atoms with Crippen molar-refractivity contribution in [3.05, 3.63) is 57.0 Å². The van der Waals surface area contributed by atoms with Crippen molar-refractivity contribution in [1.82, 2.24) is 0 Å². The number of rotatable bonds is 6. The molecule has 0 aliphatic rings. The molecule has 2 aromatic rings. The molecule has 0 saturated heterocycles. The van der Waals surface area contributed by atoms with Crippen molar-refractivity contribution < 1.29 is 9.53 Å². The molecule has 2 rings (SSSR count). The number of ether oxygens (including phenoxy) is 1. The molecule has 1 amide bonds. The molecule has 0 atom stereocenters. The third-order valence-corrected chi connectivity index (χ3v) is 3.94. The van der Waals surface area contributed by atoms with Crippen molar-refractivity contribution in [3.63, 3.8) is 0 Å². The summed E-state index contributed by atoms with van der Waals surface area (Å²) in [5.74, 6) is 0.637. The van der Waals surface area contributed by atoms with E-state index in [0.717, 1.165) is 11.3 Å². The fourth-order valence-electron chi connectivity index (χ4n) is 2.00. The summed E-state index contributed by atoms with van der Waals surface area (Å²) >= 11 is 17.8. The van der Waals surface area contributed by atoms with Gasteiger partial charge in [-0.1, -0.05) is 34.8 Å². The first kappa shape index (κ1) is 17.9. The van der Waals surface area contributed by atoms with Gasteiger partial charge in [0.25, 0.3) is 0 Å². The highest BCUT2D eigenvalue weighted by atomic mass is 35.5. The molecule has 3 nitrogen and oxygen atoms in total. The summed E-state index contributed by atoms with van der Waals surface area (Å²) in [6.07, 6.45) is 0.918. The molecule has 122 valence electrons. The molecule has 0 aromatic heterocycles. The molecular weight excluding hydrogens is 357 g/mol. The average Bonchev–Trinajstić information content (AvgIpc) is 2.49. The second-order valence-corrected chi connectivity index (χ2v) is 6.31. The van der Waals surface area contributed by atoms with Crippen molar-refractivity contribution in [3.8, 4) is 5.75 Å². The average molecular weight is 373 g/mol. The van der Waals surface area contributed by atoms with Crippen LogP contribution in [0.1, 0.15) is 18.4 Å². The lowest BCUT2D eigenvalue weighted by molar-refractivity contribution is -0.116. The molecule has 2 aromatic carbocycles. The Balaban J connectivity index is 1.77. The Kier molecular flexibility index (Phi) is 6.58. The lowest BCUT2D eigenvalue weighted by Gasteiger charge is -2.10. The fourth-order valence-corrected chi connectivity index (χ4v) is 2.56. The number of hydrogen-bond donors (Lipinski definition) is 1. The number of carbonyl (C=O) groups is 1. The Morgan fingerprint density at radius 2 is 1.78 bits per heavy atom. The van der Waals surface area contributed by atoms with E-state index < -0.39 is 0 Å². The Labute approximate surface area is 150 Å². The first-order chi connectivity index (χ1) is 11.0. The molecule has 0 aliphatic heterocycles. The van der Waals surface area contributed by atoms with Gasteiger partial charge in [-0.25, -0.2) is 0 Å². The van der Waals surface area contributed by atoms with E-state index in [9.17, 15) is 4.79 Å².